The molecule has 5 nitrogen and oxygen atoms in total. The molecule has 1 amide bonds. The van der Waals surface area contributed by atoms with Crippen molar-refractivity contribution >= 4 is 16.8 Å². The number of amides is 1. The van der Waals surface area contributed by atoms with Crippen LogP contribution in [0.5, 0.6) is 11.5 Å². The number of hydrogen-bond donors (Lipinski definition) is 1. The third kappa shape index (κ3) is 1.99. The van der Waals surface area contributed by atoms with E-state index in [1.807, 2.05) is 35.2 Å². The highest BCUT2D eigenvalue weighted by Gasteiger charge is 2.45. The van der Waals surface area contributed by atoms with Gasteiger partial charge in [0, 0.05) is 34.6 Å². The van der Waals surface area contributed by atoms with Crippen LogP contribution in [0.2, 0.25) is 0 Å². The molecule has 0 fully saturated rings. The summed E-state index contributed by atoms with van der Waals surface area (Å²) in [6.45, 7) is 0.885. The average Bonchev–Trinajstić information content (AvgIpc) is 3.47. The Hall–Kier alpha value is -3.73. The molecule has 0 radical (unpaired) electrons. The molecule has 0 saturated heterocycles. The average molecular weight is 394 g/mol. The van der Waals surface area contributed by atoms with Gasteiger partial charge in [0.05, 0.1) is 6.04 Å². The van der Waals surface area contributed by atoms with Gasteiger partial charge < -0.3 is 19.4 Å². The molecule has 0 spiro atoms. The second kappa shape index (κ2) is 5.66. The van der Waals surface area contributed by atoms with Crippen LogP contribution in [0.15, 0.2) is 66.7 Å². The molecule has 4 heterocycles. The van der Waals surface area contributed by atoms with Crippen molar-refractivity contribution in [3.63, 3.8) is 0 Å². The van der Waals surface area contributed by atoms with Gasteiger partial charge in [-0.15, -0.1) is 0 Å². The number of carbonyl (C=O) groups is 1. The van der Waals surface area contributed by atoms with Crippen LogP contribution in [-0.4, -0.2) is 29.1 Å². The lowest BCUT2D eigenvalue weighted by Crippen LogP contribution is -2.37. The number of nitrogens with zero attached hydrogens (tertiary/aromatic N) is 1. The van der Waals surface area contributed by atoms with Gasteiger partial charge in [0.2, 0.25) is 6.79 Å². The number of benzene rings is 3. The molecule has 146 valence electrons. The number of aromatic nitrogens is 1. The van der Waals surface area contributed by atoms with Crippen LogP contribution >= 0.6 is 0 Å². The predicted molar refractivity (Wildman–Crippen MR) is 112 cm³/mol. The van der Waals surface area contributed by atoms with Crippen LogP contribution < -0.4 is 9.47 Å². The van der Waals surface area contributed by atoms with E-state index in [1.165, 1.54) is 10.9 Å². The first-order chi connectivity index (χ1) is 14.8. The van der Waals surface area contributed by atoms with E-state index in [2.05, 4.69) is 41.4 Å². The standard InChI is InChI=1S/C25H18N2O3/c28-25-16-6-2-1-5-15(16)24-23-22(17-7-3-4-8-19(17)26-23)18(12-27(24)25)14-9-10-20-21(11-14)30-13-29-20/h1-11,18,24,26H,12-13H2/t18-,24+/m1/s1. The zero-order chi connectivity index (χ0) is 19.8. The zero-order valence-corrected chi connectivity index (χ0v) is 16.1. The normalized spacial score (nSPS) is 20.9. The highest BCUT2D eigenvalue weighted by Crippen LogP contribution is 2.50. The SMILES string of the molecule is O=C1c2ccccc2[C@H]2c3[nH]c4ccccc4c3[C@@H](c3ccc4c(c3)OCO4)CN12. The minimum atomic E-state index is -0.0682. The molecular weight excluding hydrogens is 376 g/mol. The maximum absolute atomic E-state index is 13.3. The molecule has 0 bridgehead atoms. The fraction of sp³-hybridized carbons (Fsp3) is 0.160. The Morgan fingerprint density at radius 3 is 2.73 bits per heavy atom. The van der Waals surface area contributed by atoms with Crippen molar-refractivity contribution in [2.45, 2.75) is 12.0 Å². The van der Waals surface area contributed by atoms with Crippen molar-refractivity contribution < 1.29 is 14.3 Å². The summed E-state index contributed by atoms with van der Waals surface area (Å²) >= 11 is 0. The first-order valence-electron chi connectivity index (χ1n) is 10.2. The van der Waals surface area contributed by atoms with E-state index in [1.54, 1.807) is 0 Å². The molecule has 0 saturated carbocycles. The first-order valence-corrected chi connectivity index (χ1v) is 10.2. The van der Waals surface area contributed by atoms with E-state index >= 15 is 0 Å². The molecule has 7 rings (SSSR count). The number of rotatable bonds is 1. The molecule has 0 unspecified atom stereocenters. The monoisotopic (exact) mass is 394 g/mol. The van der Waals surface area contributed by atoms with E-state index in [0.717, 1.165) is 39.4 Å². The lowest BCUT2D eigenvalue weighted by Gasteiger charge is -2.36. The highest BCUT2D eigenvalue weighted by molar-refractivity contribution is 6.01. The summed E-state index contributed by atoms with van der Waals surface area (Å²) in [5, 5.41) is 1.21. The van der Waals surface area contributed by atoms with Gasteiger partial charge in [-0.3, -0.25) is 4.79 Å². The topological polar surface area (TPSA) is 54.6 Å². The Morgan fingerprint density at radius 1 is 0.933 bits per heavy atom. The second-order valence-corrected chi connectivity index (χ2v) is 8.11. The van der Waals surface area contributed by atoms with Gasteiger partial charge in [0.1, 0.15) is 0 Å². The number of ether oxygens (including phenoxy) is 2. The van der Waals surface area contributed by atoms with Crippen molar-refractivity contribution in [3.05, 3.63) is 94.7 Å². The summed E-state index contributed by atoms with van der Waals surface area (Å²) in [4.78, 5) is 19.0. The van der Waals surface area contributed by atoms with Crippen LogP contribution in [0.1, 0.15) is 44.7 Å². The van der Waals surface area contributed by atoms with Crippen LogP contribution in [0, 0.1) is 0 Å². The minimum absolute atomic E-state index is 0.0557. The van der Waals surface area contributed by atoms with Gasteiger partial charge in [-0.1, -0.05) is 42.5 Å². The predicted octanol–water partition coefficient (Wildman–Crippen LogP) is 4.59. The van der Waals surface area contributed by atoms with E-state index < -0.39 is 0 Å². The second-order valence-electron chi connectivity index (χ2n) is 8.11. The maximum atomic E-state index is 13.3. The summed E-state index contributed by atoms with van der Waals surface area (Å²) in [7, 11) is 0. The maximum Gasteiger partial charge on any atom is 0.255 e. The van der Waals surface area contributed by atoms with E-state index in [4.69, 9.17) is 9.47 Å². The molecular formula is C25H18N2O3. The molecule has 1 N–H and O–H groups in total. The Bertz CT molecular complexity index is 1360. The molecule has 0 aliphatic carbocycles. The Labute approximate surface area is 172 Å². The number of H-pyrrole nitrogens is 1. The van der Waals surface area contributed by atoms with Crippen LogP contribution in [0.25, 0.3) is 10.9 Å². The minimum Gasteiger partial charge on any atom is -0.454 e. The summed E-state index contributed by atoms with van der Waals surface area (Å²) in [6, 6.07) is 22.4. The van der Waals surface area contributed by atoms with Crippen molar-refractivity contribution in [2.75, 3.05) is 13.3 Å². The van der Waals surface area contributed by atoms with Crippen LogP contribution in [0.4, 0.5) is 0 Å². The molecule has 4 aromatic rings. The van der Waals surface area contributed by atoms with Crippen molar-refractivity contribution in [1.29, 1.82) is 0 Å². The van der Waals surface area contributed by atoms with Crippen LogP contribution in [0.3, 0.4) is 0 Å². The lowest BCUT2D eigenvalue weighted by molar-refractivity contribution is 0.0727. The fourth-order valence-corrected chi connectivity index (χ4v) is 5.34. The zero-order valence-electron chi connectivity index (χ0n) is 16.1. The Balaban J connectivity index is 1.48. The van der Waals surface area contributed by atoms with Gasteiger partial charge in [0.25, 0.3) is 5.91 Å². The highest BCUT2D eigenvalue weighted by atomic mass is 16.7. The molecule has 3 aliphatic rings. The molecule has 3 aromatic carbocycles. The molecule has 2 atom stereocenters. The largest absolute Gasteiger partial charge is 0.454 e. The first kappa shape index (κ1) is 16.1. The number of carbonyl (C=O) groups excluding carboxylic acids is 1. The number of aromatic amines is 1. The molecule has 3 aliphatic heterocycles. The van der Waals surface area contributed by atoms with Crippen molar-refractivity contribution in [2.24, 2.45) is 0 Å². The van der Waals surface area contributed by atoms with Gasteiger partial charge >= 0.3 is 0 Å². The molecule has 5 heteroatoms. The fourth-order valence-electron chi connectivity index (χ4n) is 5.34. The third-order valence-electron chi connectivity index (χ3n) is 6.64. The van der Waals surface area contributed by atoms with Gasteiger partial charge in [0.15, 0.2) is 11.5 Å². The number of hydrogen-bond acceptors (Lipinski definition) is 3. The van der Waals surface area contributed by atoms with E-state index in [-0.39, 0.29) is 24.7 Å². The van der Waals surface area contributed by atoms with Crippen molar-refractivity contribution in [1.82, 2.24) is 9.88 Å². The van der Waals surface area contributed by atoms with Gasteiger partial charge in [-0.2, -0.15) is 0 Å². The number of nitrogens with one attached hydrogen (secondary N) is 1. The van der Waals surface area contributed by atoms with Crippen molar-refractivity contribution in [3.8, 4) is 11.5 Å². The Kier molecular flexibility index (Phi) is 3.04. The summed E-state index contributed by atoms with van der Waals surface area (Å²) < 4.78 is 11.1. The quantitative estimate of drug-likeness (QED) is 0.514. The lowest BCUT2D eigenvalue weighted by atomic mass is 9.83. The summed E-state index contributed by atoms with van der Waals surface area (Å²) in [5.74, 6) is 1.70. The molecule has 30 heavy (non-hydrogen) atoms. The number of para-hydroxylation sites is 1. The molecule has 1 aromatic heterocycles. The third-order valence-corrected chi connectivity index (χ3v) is 6.64. The smallest absolute Gasteiger partial charge is 0.255 e. The number of fused-ring (bicyclic) bond motifs is 8. The summed E-state index contributed by atoms with van der Waals surface area (Å²) in [6.07, 6.45) is 0. The van der Waals surface area contributed by atoms with E-state index in [9.17, 15) is 4.79 Å². The van der Waals surface area contributed by atoms with Gasteiger partial charge in [-0.05, 0) is 41.0 Å². The Morgan fingerprint density at radius 2 is 1.77 bits per heavy atom. The van der Waals surface area contributed by atoms with Crippen LogP contribution in [-0.2, 0) is 0 Å². The van der Waals surface area contributed by atoms with E-state index in [0.29, 0.717) is 6.54 Å². The summed E-state index contributed by atoms with van der Waals surface area (Å²) in [5.41, 5.74) is 6.51. The van der Waals surface area contributed by atoms with Gasteiger partial charge in [-0.25, -0.2) is 0 Å².